The van der Waals surface area contributed by atoms with E-state index in [0.29, 0.717) is 6.42 Å². The molecule has 1 unspecified atom stereocenters. The summed E-state index contributed by atoms with van der Waals surface area (Å²) in [5.41, 5.74) is 1.02. The Hall–Kier alpha value is -0.390. The van der Waals surface area contributed by atoms with Crippen LogP contribution in [0.4, 0.5) is 0 Å². The Morgan fingerprint density at radius 3 is 2.33 bits per heavy atom. The predicted octanol–water partition coefficient (Wildman–Crippen LogP) is 1.93. The second-order valence-corrected chi connectivity index (χ2v) is 6.61. The molecule has 84 valence electrons. The van der Waals surface area contributed by atoms with E-state index in [1.807, 2.05) is 24.3 Å². The summed E-state index contributed by atoms with van der Waals surface area (Å²) in [5.74, 6) is 0. The molecule has 0 aliphatic heterocycles. The number of sulfonamides is 1. The zero-order valence-electron chi connectivity index (χ0n) is 8.70. The highest BCUT2D eigenvalue weighted by atomic mass is 79.9. The first-order valence-electron chi connectivity index (χ1n) is 4.62. The fraction of sp³-hybridized carbons (Fsp3) is 0.400. The molecule has 0 heterocycles. The minimum Gasteiger partial charge on any atom is -0.218 e. The van der Waals surface area contributed by atoms with Crippen LogP contribution in [0.3, 0.4) is 0 Å². The van der Waals surface area contributed by atoms with Crippen LogP contribution in [0.5, 0.6) is 0 Å². The predicted molar refractivity (Wildman–Crippen MR) is 65.3 cm³/mol. The highest BCUT2D eigenvalue weighted by molar-refractivity contribution is 9.10. The van der Waals surface area contributed by atoms with Crippen molar-refractivity contribution in [1.82, 2.24) is 4.72 Å². The van der Waals surface area contributed by atoms with Gasteiger partial charge < -0.3 is 0 Å². The Labute approximate surface area is 99.1 Å². The maximum atomic E-state index is 11.5. The van der Waals surface area contributed by atoms with Gasteiger partial charge in [0.1, 0.15) is 0 Å². The SMILES string of the molecule is CNS(=O)(=O)C(C)Cc1ccc(Br)cc1. The summed E-state index contributed by atoms with van der Waals surface area (Å²) in [6, 6.07) is 7.67. The van der Waals surface area contributed by atoms with Crippen LogP contribution in [0.1, 0.15) is 12.5 Å². The van der Waals surface area contributed by atoms with E-state index >= 15 is 0 Å². The third-order valence-electron chi connectivity index (χ3n) is 2.25. The summed E-state index contributed by atoms with van der Waals surface area (Å²) in [4.78, 5) is 0. The van der Waals surface area contributed by atoms with Crippen molar-refractivity contribution in [2.75, 3.05) is 7.05 Å². The third-order valence-corrected chi connectivity index (χ3v) is 4.57. The highest BCUT2D eigenvalue weighted by Gasteiger charge is 2.18. The first-order chi connectivity index (χ1) is 6.95. The second kappa shape index (κ2) is 5.09. The molecule has 0 aromatic heterocycles. The van der Waals surface area contributed by atoms with E-state index in [0.717, 1.165) is 10.0 Å². The fourth-order valence-electron chi connectivity index (χ4n) is 1.26. The van der Waals surface area contributed by atoms with E-state index in [1.54, 1.807) is 6.92 Å². The van der Waals surface area contributed by atoms with Crippen molar-refractivity contribution >= 4 is 26.0 Å². The largest absolute Gasteiger partial charge is 0.218 e. The molecular weight excluding hydrogens is 278 g/mol. The zero-order chi connectivity index (χ0) is 11.5. The molecule has 0 saturated heterocycles. The lowest BCUT2D eigenvalue weighted by molar-refractivity contribution is 0.574. The first kappa shape index (κ1) is 12.7. The Morgan fingerprint density at radius 1 is 1.33 bits per heavy atom. The van der Waals surface area contributed by atoms with Crippen LogP contribution in [0.2, 0.25) is 0 Å². The average Bonchev–Trinajstić information content (AvgIpc) is 2.21. The van der Waals surface area contributed by atoms with E-state index < -0.39 is 15.3 Å². The van der Waals surface area contributed by atoms with Gasteiger partial charge in [0.25, 0.3) is 0 Å². The average molecular weight is 292 g/mol. The molecule has 0 radical (unpaired) electrons. The van der Waals surface area contributed by atoms with Gasteiger partial charge in [-0.1, -0.05) is 28.1 Å². The normalized spacial score (nSPS) is 13.8. The lowest BCUT2D eigenvalue weighted by Crippen LogP contribution is -2.30. The van der Waals surface area contributed by atoms with Crippen molar-refractivity contribution in [2.45, 2.75) is 18.6 Å². The van der Waals surface area contributed by atoms with Crippen LogP contribution in [0.25, 0.3) is 0 Å². The van der Waals surface area contributed by atoms with Gasteiger partial charge in [-0.25, -0.2) is 13.1 Å². The standard InChI is InChI=1S/C10H14BrNO2S/c1-8(15(13,14)12-2)7-9-3-5-10(11)6-4-9/h3-6,8,12H,7H2,1-2H3. The molecule has 3 nitrogen and oxygen atoms in total. The van der Waals surface area contributed by atoms with Gasteiger partial charge in [-0.2, -0.15) is 0 Å². The van der Waals surface area contributed by atoms with E-state index in [1.165, 1.54) is 7.05 Å². The molecule has 5 heteroatoms. The van der Waals surface area contributed by atoms with Crippen LogP contribution in [-0.4, -0.2) is 20.7 Å². The van der Waals surface area contributed by atoms with Gasteiger partial charge >= 0.3 is 0 Å². The lowest BCUT2D eigenvalue weighted by atomic mass is 10.1. The van der Waals surface area contributed by atoms with Gasteiger partial charge in [0.2, 0.25) is 10.0 Å². The molecule has 0 aliphatic carbocycles. The third kappa shape index (κ3) is 3.59. The summed E-state index contributed by atoms with van der Waals surface area (Å²) < 4.78 is 26.2. The molecular formula is C10H14BrNO2S. The Kier molecular flexibility index (Phi) is 4.31. The Bertz CT molecular complexity index is 414. The number of benzene rings is 1. The highest BCUT2D eigenvalue weighted by Crippen LogP contribution is 2.13. The molecule has 0 saturated carbocycles. The van der Waals surface area contributed by atoms with E-state index in [9.17, 15) is 8.42 Å². The molecule has 0 fully saturated rings. The molecule has 15 heavy (non-hydrogen) atoms. The summed E-state index contributed by atoms with van der Waals surface area (Å²) in [5, 5.41) is -0.413. The van der Waals surface area contributed by atoms with Crippen molar-refractivity contribution in [1.29, 1.82) is 0 Å². The van der Waals surface area contributed by atoms with Crippen LogP contribution in [0.15, 0.2) is 28.7 Å². The smallest absolute Gasteiger partial charge is 0.214 e. The van der Waals surface area contributed by atoms with Crippen LogP contribution >= 0.6 is 15.9 Å². The first-order valence-corrected chi connectivity index (χ1v) is 6.96. The van der Waals surface area contributed by atoms with Crippen molar-refractivity contribution in [3.63, 3.8) is 0 Å². The number of halogens is 1. The van der Waals surface area contributed by atoms with Gasteiger partial charge in [0.05, 0.1) is 5.25 Å². The minimum atomic E-state index is -3.17. The van der Waals surface area contributed by atoms with Crippen LogP contribution < -0.4 is 4.72 Å². The number of nitrogens with one attached hydrogen (secondary N) is 1. The molecule has 1 N–H and O–H groups in total. The number of hydrogen-bond acceptors (Lipinski definition) is 2. The molecule has 0 bridgehead atoms. The van der Waals surface area contributed by atoms with Crippen molar-refractivity contribution in [2.24, 2.45) is 0 Å². The summed E-state index contributed by atoms with van der Waals surface area (Å²) in [7, 11) is -1.73. The van der Waals surface area contributed by atoms with E-state index in [2.05, 4.69) is 20.7 Å². The summed E-state index contributed by atoms with van der Waals surface area (Å²) in [6.07, 6.45) is 0.524. The molecule has 1 aromatic carbocycles. The van der Waals surface area contributed by atoms with Gasteiger partial charge in [0, 0.05) is 4.47 Å². The van der Waals surface area contributed by atoms with Crippen LogP contribution in [0, 0.1) is 0 Å². The lowest BCUT2D eigenvalue weighted by Gasteiger charge is -2.11. The Balaban J connectivity index is 2.75. The topological polar surface area (TPSA) is 46.2 Å². The maximum absolute atomic E-state index is 11.5. The van der Waals surface area contributed by atoms with Crippen molar-refractivity contribution < 1.29 is 8.42 Å². The molecule has 0 aliphatic rings. The summed E-state index contributed by atoms with van der Waals surface area (Å²) >= 11 is 3.33. The van der Waals surface area contributed by atoms with Crippen LogP contribution in [-0.2, 0) is 16.4 Å². The van der Waals surface area contributed by atoms with E-state index in [-0.39, 0.29) is 0 Å². The molecule has 1 atom stereocenters. The Morgan fingerprint density at radius 2 is 1.87 bits per heavy atom. The van der Waals surface area contributed by atoms with Crippen molar-refractivity contribution in [3.8, 4) is 0 Å². The summed E-state index contributed by atoms with van der Waals surface area (Å²) in [6.45, 7) is 1.70. The van der Waals surface area contributed by atoms with Gasteiger partial charge in [-0.3, -0.25) is 0 Å². The number of rotatable bonds is 4. The number of hydrogen-bond donors (Lipinski definition) is 1. The molecule has 1 rings (SSSR count). The monoisotopic (exact) mass is 291 g/mol. The zero-order valence-corrected chi connectivity index (χ0v) is 11.1. The van der Waals surface area contributed by atoms with Gasteiger partial charge in [0.15, 0.2) is 0 Å². The minimum absolute atomic E-state index is 0.413. The second-order valence-electron chi connectivity index (χ2n) is 3.39. The molecule has 0 spiro atoms. The quantitative estimate of drug-likeness (QED) is 0.921. The maximum Gasteiger partial charge on any atom is 0.214 e. The van der Waals surface area contributed by atoms with Gasteiger partial charge in [-0.05, 0) is 38.1 Å². The van der Waals surface area contributed by atoms with Gasteiger partial charge in [-0.15, -0.1) is 0 Å². The van der Waals surface area contributed by atoms with Crippen molar-refractivity contribution in [3.05, 3.63) is 34.3 Å². The molecule has 1 aromatic rings. The fourth-order valence-corrected chi connectivity index (χ4v) is 2.34. The van der Waals surface area contributed by atoms with E-state index in [4.69, 9.17) is 0 Å². The molecule has 0 amide bonds.